The van der Waals surface area contributed by atoms with E-state index in [-0.39, 0.29) is 34.2 Å². The summed E-state index contributed by atoms with van der Waals surface area (Å²) in [6, 6.07) is 9.07. The molecule has 4 nitrogen and oxygen atoms in total. The fourth-order valence-electron chi connectivity index (χ4n) is 1.81. The monoisotopic (exact) mass is 309 g/mol. The van der Waals surface area contributed by atoms with Crippen LogP contribution in [0.25, 0.3) is 0 Å². The molecule has 6 heteroatoms. The van der Waals surface area contributed by atoms with Crippen LogP contribution in [0, 0.1) is 5.82 Å². The smallest absolute Gasteiger partial charge is 0.343 e. The highest BCUT2D eigenvalue weighted by Crippen LogP contribution is 2.27. The van der Waals surface area contributed by atoms with Gasteiger partial charge in [-0.1, -0.05) is 23.7 Å². The molecule has 0 saturated heterocycles. The minimum Gasteiger partial charge on any atom is -0.488 e. The first-order valence-electron chi connectivity index (χ1n) is 6.07. The second kappa shape index (κ2) is 6.45. The van der Waals surface area contributed by atoms with Gasteiger partial charge in [-0.25, -0.2) is 9.18 Å². The molecule has 110 valence electrons. The van der Waals surface area contributed by atoms with Gasteiger partial charge in [-0.15, -0.1) is 0 Å². The molecule has 0 radical (unpaired) electrons. The molecule has 2 aromatic rings. The SMILES string of the molecule is COC(=O)c1c(N)cccc1OCc1c(F)cccc1Cl. The normalized spacial score (nSPS) is 10.2. The molecule has 0 bridgehead atoms. The second-order valence-corrected chi connectivity index (χ2v) is 4.61. The van der Waals surface area contributed by atoms with Crippen LogP contribution in [-0.2, 0) is 11.3 Å². The first-order valence-corrected chi connectivity index (χ1v) is 6.45. The van der Waals surface area contributed by atoms with Crippen molar-refractivity contribution in [1.29, 1.82) is 0 Å². The van der Waals surface area contributed by atoms with Crippen molar-refractivity contribution in [2.24, 2.45) is 0 Å². The molecule has 0 saturated carbocycles. The van der Waals surface area contributed by atoms with E-state index in [1.54, 1.807) is 24.3 Å². The van der Waals surface area contributed by atoms with Crippen LogP contribution in [0.3, 0.4) is 0 Å². The van der Waals surface area contributed by atoms with Crippen LogP contribution >= 0.6 is 11.6 Å². The Kier molecular flexibility index (Phi) is 4.65. The zero-order valence-electron chi connectivity index (χ0n) is 11.2. The van der Waals surface area contributed by atoms with Gasteiger partial charge < -0.3 is 15.2 Å². The van der Waals surface area contributed by atoms with Gasteiger partial charge in [0.05, 0.1) is 12.1 Å². The summed E-state index contributed by atoms with van der Waals surface area (Å²) >= 11 is 5.92. The van der Waals surface area contributed by atoms with Crippen molar-refractivity contribution in [3.05, 3.63) is 58.4 Å². The molecule has 0 aliphatic carbocycles. The fourth-order valence-corrected chi connectivity index (χ4v) is 2.03. The van der Waals surface area contributed by atoms with Gasteiger partial charge >= 0.3 is 5.97 Å². The van der Waals surface area contributed by atoms with E-state index < -0.39 is 11.8 Å². The topological polar surface area (TPSA) is 61.5 Å². The van der Waals surface area contributed by atoms with E-state index in [0.717, 1.165) is 0 Å². The molecule has 0 fully saturated rings. The summed E-state index contributed by atoms with van der Waals surface area (Å²) in [4.78, 5) is 11.7. The second-order valence-electron chi connectivity index (χ2n) is 4.20. The summed E-state index contributed by atoms with van der Waals surface area (Å²) < 4.78 is 23.8. The molecule has 21 heavy (non-hydrogen) atoms. The third-order valence-electron chi connectivity index (χ3n) is 2.88. The molecule has 2 aromatic carbocycles. The lowest BCUT2D eigenvalue weighted by molar-refractivity contribution is 0.0597. The maximum Gasteiger partial charge on any atom is 0.343 e. The number of halogens is 2. The molecule has 0 aliphatic heterocycles. The van der Waals surface area contributed by atoms with E-state index in [1.165, 1.54) is 19.2 Å². The summed E-state index contributed by atoms with van der Waals surface area (Å²) in [7, 11) is 1.24. The lowest BCUT2D eigenvalue weighted by atomic mass is 10.1. The maximum atomic E-state index is 13.7. The standard InChI is InChI=1S/C15H13ClFNO3/c1-20-15(19)14-12(18)6-3-7-13(14)21-8-9-10(16)4-2-5-11(9)17/h2-7H,8,18H2,1H3. The van der Waals surface area contributed by atoms with Crippen molar-refractivity contribution >= 4 is 23.3 Å². The number of nitrogens with two attached hydrogens (primary N) is 1. The number of methoxy groups -OCH3 is 1. The Morgan fingerprint density at radius 1 is 1.29 bits per heavy atom. The Morgan fingerprint density at radius 2 is 2.00 bits per heavy atom. The van der Waals surface area contributed by atoms with Crippen molar-refractivity contribution in [1.82, 2.24) is 0 Å². The van der Waals surface area contributed by atoms with Crippen LogP contribution in [-0.4, -0.2) is 13.1 Å². The average Bonchev–Trinajstić information content (AvgIpc) is 2.46. The third-order valence-corrected chi connectivity index (χ3v) is 3.24. The van der Waals surface area contributed by atoms with Gasteiger partial charge in [0.1, 0.15) is 23.7 Å². The number of carbonyl (C=O) groups excluding carboxylic acids is 1. The fraction of sp³-hybridized carbons (Fsp3) is 0.133. The Balaban J connectivity index is 2.29. The Morgan fingerprint density at radius 3 is 2.67 bits per heavy atom. The average molecular weight is 310 g/mol. The van der Waals surface area contributed by atoms with E-state index in [4.69, 9.17) is 22.1 Å². The molecule has 0 aromatic heterocycles. The minimum absolute atomic E-state index is 0.104. The van der Waals surface area contributed by atoms with Gasteiger partial charge in [0.15, 0.2) is 0 Å². The molecule has 0 atom stereocenters. The van der Waals surface area contributed by atoms with Crippen LogP contribution in [0.5, 0.6) is 5.75 Å². The summed E-state index contributed by atoms with van der Waals surface area (Å²) in [6.07, 6.45) is 0. The van der Waals surface area contributed by atoms with E-state index in [0.29, 0.717) is 0 Å². The summed E-state index contributed by atoms with van der Waals surface area (Å²) in [5.74, 6) is -0.894. The van der Waals surface area contributed by atoms with Crippen molar-refractivity contribution in [3.63, 3.8) is 0 Å². The minimum atomic E-state index is -0.622. The zero-order chi connectivity index (χ0) is 15.4. The molecule has 0 spiro atoms. The van der Waals surface area contributed by atoms with Crippen LogP contribution < -0.4 is 10.5 Å². The number of esters is 1. The number of benzene rings is 2. The molecular formula is C15H13ClFNO3. The Hall–Kier alpha value is -2.27. The number of carbonyl (C=O) groups is 1. The number of ether oxygens (including phenoxy) is 2. The first kappa shape index (κ1) is 15.1. The number of rotatable bonds is 4. The van der Waals surface area contributed by atoms with E-state index in [2.05, 4.69) is 4.74 Å². The first-order chi connectivity index (χ1) is 10.0. The molecule has 2 N–H and O–H groups in total. The third kappa shape index (κ3) is 3.25. The highest BCUT2D eigenvalue weighted by atomic mass is 35.5. The summed E-state index contributed by atoms with van der Waals surface area (Å²) in [5, 5.41) is 0.249. The van der Waals surface area contributed by atoms with Crippen LogP contribution in [0.15, 0.2) is 36.4 Å². The molecule has 0 unspecified atom stereocenters. The zero-order valence-corrected chi connectivity index (χ0v) is 12.0. The van der Waals surface area contributed by atoms with Crippen molar-refractivity contribution < 1.29 is 18.7 Å². The molecule has 0 amide bonds. The van der Waals surface area contributed by atoms with Crippen molar-refractivity contribution in [3.8, 4) is 5.75 Å². The van der Waals surface area contributed by atoms with E-state index in [9.17, 15) is 9.18 Å². The predicted molar refractivity (Wildman–Crippen MR) is 77.9 cm³/mol. The quantitative estimate of drug-likeness (QED) is 0.694. The highest BCUT2D eigenvalue weighted by molar-refractivity contribution is 6.31. The molecular weight excluding hydrogens is 297 g/mol. The van der Waals surface area contributed by atoms with E-state index >= 15 is 0 Å². The van der Waals surface area contributed by atoms with Crippen LogP contribution in [0.1, 0.15) is 15.9 Å². The molecule has 0 heterocycles. The Bertz CT molecular complexity index is 656. The molecule has 0 aliphatic rings. The predicted octanol–water partition coefficient (Wildman–Crippen LogP) is 3.43. The number of nitrogen functional groups attached to an aromatic ring is 1. The van der Waals surface area contributed by atoms with Gasteiger partial charge in [0, 0.05) is 11.3 Å². The number of hydrogen-bond acceptors (Lipinski definition) is 4. The van der Waals surface area contributed by atoms with Gasteiger partial charge in [0.25, 0.3) is 0 Å². The largest absolute Gasteiger partial charge is 0.488 e. The Labute approximate surface area is 126 Å². The highest BCUT2D eigenvalue weighted by Gasteiger charge is 2.17. The van der Waals surface area contributed by atoms with Crippen LogP contribution in [0.2, 0.25) is 5.02 Å². The number of hydrogen-bond donors (Lipinski definition) is 1. The van der Waals surface area contributed by atoms with E-state index in [1.807, 2.05) is 0 Å². The molecule has 2 rings (SSSR count). The van der Waals surface area contributed by atoms with Gasteiger partial charge in [0.2, 0.25) is 0 Å². The summed E-state index contributed by atoms with van der Waals surface area (Å²) in [5.41, 5.74) is 6.28. The number of anilines is 1. The van der Waals surface area contributed by atoms with Crippen LogP contribution in [0.4, 0.5) is 10.1 Å². The van der Waals surface area contributed by atoms with Gasteiger partial charge in [-0.2, -0.15) is 0 Å². The van der Waals surface area contributed by atoms with Crippen molar-refractivity contribution in [2.45, 2.75) is 6.61 Å². The lowest BCUT2D eigenvalue weighted by Crippen LogP contribution is -2.09. The lowest BCUT2D eigenvalue weighted by Gasteiger charge is -2.13. The summed E-state index contributed by atoms with van der Waals surface area (Å²) in [6.45, 7) is -0.126. The van der Waals surface area contributed by atoms with Crippen molar-refractivity contribution in [2.75, 3.05) is 12.8 Å². The van der Waals surface area contributed by atoms with Gasteiger partial charge in [-0.05, 0) is 24.3 Å². The van der Waals surface area contributed by atoms with Gasteiger partial charge in [-0.3, -0.25) is 0 Å². The maximum absolute atomic E-state index is 13.7.